The molecule has 0 N–H and O–H groups in total. The Hall–Kier alpha value is -3.64. The van der Waals surface area contributed by atoms with E-state index in [2.05, 4.69) is 112 Å². The minimum atomic E-state index is -0.337. The van der Waals surface area contributed by atoms with Crippen molar-refractivity contribution in [1.82, 2.24) is 0 Å². The van der Waals surface area contributed by atoms with Gasteiger partial charge in [-0.1, -0.05) is 108 Å². The van der Waals surface area contributed by atoms with E-state index in [0.29, 0.717) is 0 Å². The monoisotopic (exact) mass is 454 g/mol. The molecule has 35 heavy (non-hydrogen) atoms. The lowest BCUT2D eigenvalue weighted by Gasteiger charge is -2.34. The first kappa shape index (κ1) is 23.1. The Kier molecular flexibility index (Phi) is 6.31. The van der Waals surface area contributed by atoms with Gasteiger partial charge in [0.05, 0.1) is 5.41 Å². The number of rotatable bonds is 8. The van der Waals surface area contributed by atoms with Gasteiger partial charge in [-0.25, -0.2) is 0 Å². The van der Waals surface area contributed by atoms with Crippen LogP contribution in [0.4, 0.5) is 0 Å². The molecule has 0 nitrogen and oxygen atoms in total. The van der Waals surface area contributed by atoms with Crippen molar-refractivity contribution >= 4 is 0 Å². The van der Waals surface area contributed by atoms with Gasteiger partial charge >= 0.3 is 0 Å². The third kappa shape index (κ3) is 3.98. The smallest absolute Gasteiger partial charge is 0.0713 e. The van der Waals surface area contributed by atoms with Crippen molar-refractivity contribution < 1.29 is 0 Å². The third-order valence-electron chi connectivity index (χ3n) is 7.50. The molecule has 0 saturated heterocycles. The van der Waals surface area contributed by atoms with Gasteiger partial charge in [0.2, 0.25) is 0 Å². The largest absolute Gasteiger partial charge is 0.103 e. The average Bonchev–Trinajstić information content (AvgIpc) is 3.16. The maximum Gasteiger partial charge on any atom is 0.0713 e. The SMILES string of the molecule is C=CCCc1ccc(C2(c3ccc(CCC=C)cc3)c3cc(C)ccc3-c3ccc(C)cc32)cc1. The van der Waals surface area contributed by atoms with Gasteiger partial charge in [0.15, 0.2) is 0 Å². The molecule has 0 bridgehead atoms. The predicted octanol–water partition coefficient (Wildman–Crippen LogP) is 8.90. The molecule has 1 aliphatic carbocycles. The Morgan fingerprint density at radius 1 is 0.571 bits per heavy atom. The van der Waals surface area contributed by atoms with Gasteiger partial charge in [0.25, 0.3) is 0 Å². The molecule has 0 heteroatoms. The van der Waals surface area contributed by atoms with E-state index in [9.17, 15) is 0 Å². The molecule has 0 aromatic heterocycles. The van der Waals surface area contributed by atoms with Crippen molar-refractivity contribution in [3.63, 3.8) is 0 Å². The first-order valence-corrected chi connectivity index (χ1v) is 12.7. The van der Waals surface area contributed by atoms with Crippen molar-refractivity contribution in [2.45, 2.75) is 44.9 Å². The number of benzene rings is 4. The fraction of sp³-hybridized carbons (Fsp3) is 0.200. The number of hydrogen-bond acceptors (Lipinski definition) is 0. The Balaban J connectivity index is 1.78. The molecule has 0 radical (unpaired) electrons. The van der Waals surface area contributed by atoms with Crippen LogP contribution < -0.4 is 0 Å². The van der Waals surface area contributed by atoms with Gasteiger partial charge in [-0.15, -0.1) is 13.2 Å². The lowest BCUT2D eigenvalue weighted by molar-refractivity contribution is 0.764. The van der Waals surface area contributed by atoms with Crippen LogP contribution >= 0.6 is 0 Å². The molecule has 0 unspecified atom stereocenters. The van der Waals surface area contributed by atoms with Gasteiger partial charge in [-0.05, 0) is 84.0 Å². The molecule has 0 fully saturated rings. The topological polar surface area (TPSA) is 0 Å². The van der Waals surface area contributed by atoms with Gasteiger partial charge in [-0.3, -0.25) is 0 Å². The predicted molar refractivity (Wildman–Crippen MR) is 150 cm³/mol. The molecule has 4 aromatic carbocycles. The summed E-state index contributed by atoms with van der Waals surface area (Å²) in [5.74, 6) is 0. The molecule has 4 aromatic rings. The highest BCUT2D eigenvalue weighted by atomic mass is 14.5. The molecule has 0 atom stereocenters. The van der Waals surface area contributed by atoms with Gasteiger partial charge in [0, 0.05) is 0 Å². The summed E-state index contributed by atoms with van der Waals surface area (Å²) in [6.45, 7) is 12.2. The van der Waals surface area contributed by atoms with E-state index in [0.717, 1.165) is 25.7 Å². The van der Waals surface area contributed by atoms with Crippen LogP contribution in [0.5, 0.6) is 0 Å². The second-order valence-corrected chi connectivity index (χ2v) is 9.90. The fourth-order valence-corrected chi connectivity index (χ4v) is 5.72. The zero-order chi connectivity index (χ0) is 24.4. The highest BCUT2D eigenvalue weighted by Gasteiger charge is 2.46. The average molecular weight is 455 g/mol. The standard InChI is InChI=1S/C35H34/c1-5-7-9-27-13-17-29(18-14-27)35(30-19-15-28(16-20-30)10-8-6-2)33-23-25(3)11-21-31(33)32-22-12-26(4)24-34(32)35/h5-6,11-24H,1-2,7-10H2,3-4H3. The van der Waals surface area contributed by atoms with E-state index >= 15 is 0 Å². The number of allylic oxidation sites excluding steroid dienone is 2. The van der Waals surface area contributed by atoms with Crippen molar-refractivity contribution in [3.05, 3.63) is 155 Å². The number of fused-ring (bicyclic) bond motifs is 3. The van der Waals surface area contributed by atoms with Crippen LogP contribution in [0.2, 0.25) is 0 Å². The van der Waals surface area contributed by atoms with Crippen molar-refractivity contribution in [2.75, 3.05) is 0 Å². The normalized spacial score (nSPS) is 13.2. The van der Waals surface area contributed by atoms with Gasteiger partial charge in [0.1, 0.15) is 0 Å². The van der Waals surface area contributed by atoms with Crippen LogP contribution in [0, 0.1) is 13.8 Å². The summed E-state index contributed by atoms with van der Waals surface area (Å²) in [6.07, 6.45) is 8.05. The maximum absolute atomic E-state index is 3.89. The highest BCUT2D eigenvalue weighted by Crippen LogP contribution is 2.56. The zero-order valence-corrected chi connectivity index (χ0v) is 21.0. The summed E-state index contributed by atoms with van der Waals surface area (Å²) in [6, 6.07) is 32.6. The molecule has 0 amide bonds. The summed E-state index contributed by atoms with van der Waals surface area (Å²) < 4.78 is 0. The van der Waals surface area contributed by atoms with Gasteiger partial charge in [-0.2, -0.15) is 0 Å². The van der Waals surface area contributed by atoms with E-state index in [4.69, 9.17) is 0 Å². The third-order valence-corrected chi connectivity index (χ3v) is 7.50. The summed E-state index contributed by atoms with van der Waals surface area (Å²) in [5.41, 5.74) is 13.1. The molecule has 0 aliphatic heterocycles. The number of hydrogen-bond donors (Lipinski definition) is 0. The maximum atomic E-state index is 3.89. The summed E-state index contributed by atoms with van der Waals surface area (Å²) in [4.78, 5) is 0. The molecule has 5 rings (SSSR count). The van der Waals surface area contributed by atoms with Crippen molar-refractivity contribution in [3.8, 4) is 11.1 Å². The van der Waals surface area contributed by atoms with E-state index < -0.39 is 0 Å². The first-order chi connectivity index (χ1) is 17.1. The van der Waals surface area contributed by atoms with Crippen LogP contribution in [-0.2, 0) is 18.3 Å². The highest BCUT2D eigenvalue weighted by molar-refractivity contribution is 5.86. The Morgan fingerprint density at radius 3 is 1.34 bits per heavy atom. The fourth-order valence-electron chi connectivity index (χ4n) is 5.72. The van der Waals surface area contributed by atoms with E-state index in [1.807, 2.05) is 12.2 Å². The minimum absolute atomic E-state index is 0.337. The second kappa shape index (κ2) is 9.55. The molecule has 0 spiro atoms. The van der Waals surface area contributed by atoms with Crippen LogP contribution in [0.15, 0.2) is 110 Å². The summed E-state index contributed by atoms with van der Waals surface area (Å²) >= 11 is 0. The summed E-state index contributed by atoms with van der Waals surface area (Å²) in [5, 5.41) is 0. The van der Waals surface area contributed by atoms with Gasteiger partial charge < -0.3 is 0 Å². The Bertz CT molecular complexity index is 1260. The van der Waals surface area contributed by atoms with Crippen LogP contribution in [-0.4, -0.2) is 0 Å². The molecular formula is C35H34. The minimum Gasteiger partial charge on any atom is -0.103 e. The molecule has 1 aliphatic rings. The van der Waals surface area contributed by atoms with Crippen molar-refractivity contribution in [1.29, 1.82) is 0 Å². The second-order valence-electron chi connectivity index (χ2n) is 9.90. The zero-order valence-electron chi connectivity index (χ0n) is 21.0. The molecule has 0 heterocycles. The summed E-state index contributed by atoms with van der Waals surface area (Å²) in [7, 11) is 0. The van der Waals surface area contributed by atoms with E-state index in [1.54, 1.807) is 0 Å². The number of aryl methyl sites for hydroxylation is 4. The molecular weight excluding hydrogens is 420 g/mol. The lowest BCUT2D eigenvalue weighted by Crippen LogP contribution is -2.29. The first-order valence-electron chi connectivity index (χ1n) is 12.7. The van der Waals surface area contributed by atoms with E-state index in [-0.39, 0.29) is 5.41 Å². The lowest BCUT2D eigenvalue weighted by atomic mass is 9.67. The molecule has 174 valence electrons. The van der Waals surface area contributed by atoms with E-state index in [1.165, 1.54) is 55.6 Å². The van der Waals surface area contributed by atoms with Crippen LogP contribution in [0.3, 0.4) is 0 Å². The van der Waals surface area contributed by atoms with Crippen LogP contribution in [0.25, 0.3) is 11.1 Å². The van der Waals surface area contributed by atoms with Crippen LogP contribution in [0.1, 0.15) is 57.3 Å². The Morgan fingerprint density at radius 2 is 0.971 bits per heavy atom. The van der Waals surface area contributed by atoms with Crippen molar-refractivity contribution in [2.24, 2.45) is 0 Å². The quantitative estimate of drug-likeness (QED) is 0.205. The Labute approximate surface area is 210 Å². The molecule has 0 saturated carbocycles.